The van der Waals surface area contributed by atoms with Crippen LogP contribution in [-0.2, 0) is 20.9 Å². The van der Waals surface area contributed by atoms with Gasteiger partial charge in [0.05, 0.1) is 13.4 Å². The number of carbonyl (C=O) groups is 2. The monoisotopic (exact) mass is 510 g/mol. The third-order valence-corrected chi connectivity index (χ3v) is 6.36. The SMILES string of the molecule is CCOCCCN(C(=O)Cn1nnc(-c2ccc(OC)cc2)n1)[C@H](C(=O)NC1CCCC1)c1ccco1. The number of furan rings is 1. The second-order valence-electron chi connectivity index (χ2n) is 8.92. The van der Waals surface area contributed by atoms with Gasteiger partial charge >= 0.3 is 0 Å². The van der Waals surface area contributed by atoms with Gasteiger partial charge < -0.3 is 24.1 Å². The number of benzene rings is 1. The second-order valence-corrected chi connectivity index (χ2v) is 8.92. The third-order valence-electron chi connectivity index (χ3n) is 6.36. The molecule has 1 atom stereocenters. The van der Waals surface area contributed by atoms with Crippen molar-refractivity contribution in [1.82, 2.24) is 30.4 Å². The highest BCUT2D eigenvalue weighted by molar-refractivity contribution is 5.88. The minimum Gasteiger partial charge on any atom is -0.497 e. The van der Waals surface area contributed by atoms with Gasteiger partial charge in [-0.15, -0.1) is 10.2 Å². The minimum atomic E-state index is -0.908. The maximum absolute atomic E-state index is 13.6. The first-order chi connectivity index (χ1) is 18.1. The molecule has 198 valence electrons. The lowest BCUT2D eigenvalue weighted by Crippen LogP contribution is -2.47. The van der Waals surface area contributed by atoms with Crippen molar-refractivity contribution in [1.29, 1.82) is 0 Å². The van der Waals surface area contributed by atoms with Gasteiger partial charge in [-0.05, 0) is 67.8 Å². The van der Waals surface area contributed by atoms with Crippen LogP contribution in [0.2, 0.25) is 0 Å². The molecule has 11 heteroatoms. The highest BCUT2D eigenvalue weighted by Gasteiger charge is 2.35. The topological polar surface area (TPSA) is 125 Å². The summed E-state index contributed by atoms with van der Waals surface area (Å²) in [5, 5.41) is 15.7. The van der Waals surface area contributed by atoms with E-state index in [2.05, 4.69) is 20.7 Å². The van der Waals surface area contributed by atoms with E-state index >= 15 is 0 Å². The van der Waals surface area contributed by atoms with E-state index in [4.69, 9.17) is 13.9 Å². The zero-order chi connectivity index (χ0) is 26.0. The molecule has 0 unspecified atom stereocenters. The van der Waals surface area contributed by atoms with E-state index < -0.39 is 6.04 Å². The van der Waals surface area contributed by atoms with Crippen LogP contribution in [0.5, 0.6) is 5.75 Å². The maximum atomic E-state index is 13.6. The van der Waals surface area contributed by atoms with Crippen LogP contribution in [0.15, 0.2) is 47.1 Å². The molecule has 2 amide bonds. The molecule has 4 rings (SSSR count). The summed E-state index contributed by atoms with van der Waals surface area (Å²) in [6.07, 6.45) is 6.12. The Kier molecular flexibility index (Phi) is 9.25. The van der Waals surface area contributed by atoms with Crippen LogP contribution in [0.4, 0.5) is 0 Å². The van der Waals surface area contributed by atoms with Gasteiger partial charge in [0, 0.05) is 31.4 Å². The third kappa shape index (κ3) is 6.94. The van der Waals surface area contributed by atoms with Crippen LogP contribution in [0, 0.1) is 0 Å². The van der Waals surface area contributed by atoms with Crippen molar-refractivity contribution in [2.45, 2.75) is 57.7 Å². The molecular weight excluding hydrogens is 476 g/mol. The molecule has 11 nitrogen and oxygen atoms in total. The van der Waals surface area contributed by atoms with Gasteiger partial charge in [-0.2, -0.15) is 4.80 Å². The van der Waals surface area contributed by atoms with Crippen molar-refractivity contribution in [2.75, 3.05) is 26.9 Å². The quantitative estimate of drug-likeness (QED) is 0.348. The summed E-state index contributed by atoms with van der Waals surface area (Å²) in [6.45, 7) is 3.10. The summed E-state index contributed by atoms with van der Waals surface area (Å²) >= 11 is 0. The number of ether oxygens (including phenoxy) is 2. The van der Waals surface area contributed by atoms with Gasteiger partial charge in [0.1, 0.15) is 18.1 Å². The van der Waals surface area contributed by atoms with Gasteiger partial charge in [0.2, 0.25) is 11.7 Å². The molecule has 1 aliphatic carbocycles. The Morgan fingerprint density at radius 2 is 2.00 bits per heavy atom. The van der Waals surface area contributed by atoms with Gasteiger partial charge in [0.25, 0.3) is 5.91 Å². The van der Waals surface area contributed by atoms with Crippen LogP contribution in [0.25, 0.3) is 11.4 Å². The standard InChI is InChI=1S/C26H34N6O5/c1-3-36-16-7-15-31(24(22-10-6-17-37-22)26(34)27-20-8-4-5-9-20)23(33)18-32-29-25(28-30-32)19-11-13-21(35-2)14-12-19/h6,10-14,17,20,24H,3-5,7-9,15-16,18H2,1-2H3,(H,27,34)/t24-/m0/s1. The highest BCUT2D eigenvalue weighted by atomic mass is 16.5. The molecule has 0 aliphatic heterocycles. The first-order valence-corrected chi connectivity index (χ1v) is 12.7. The van der Waals surface area contributed by atoms with Crippen molar-refractivity contribution in [2.24, 2.45) is 0 Å². The Labute approximate surface area is 216 Å². The number of methoxy groups -OCH3 is 1. The van der Waals surface area contributed by atoms with E-state index in [9.17, 15) is 9.59 Å². The van der Waals surface area contributed by atoms with Crippen LogP contribution in [-0.4, -0.2) is 69.8 Å². The van der Waals surface area contributed by atoms with Gasteiger partial charge in [0.15, 0.2) is 6.04 Å². The van der Waals surface area contributed by atoms with Crippen LogP contribution >= 0.6 is 0 Å². The van der Waals surface area contributed by atoms with E-state index in [1.807, 2.05) is 19.1 Å². The molecule has 1 aromatic carbocycles. The van der Waals surface area contributed by atoms with Crippen molar-refractivity contribution in [3.05, 3.63) is 48.4 Å². The minimum absolute atomic E-state index is 0.106. The summed E-state index contributed by atoms with van der Waals surface area (Å²) in [4.78, 5) is 29.8. The van der Waals surface area contributed by atoms with E-state index in [1.54, 1.807) is 31.4 Å². The molecule has 37 heavy (non-hydrogen) atoms. The fourth-order valence-corrected chi connectivity index (χ4v) is 4.48. The molecule has 3 aromatic rings. The predicted molar refractivity (Wildman–Crippen MR) is 134 cm³/mol. The molecule has 0 bridgehead atoms. The lowest BCUT2D eigenvalue weighted by atomic mass is 10.1. The largest absolute Gasteiger partial charge is 0.497 e. The van der Waals surface area contributed by atoms with E-state index in [0.717, 1.165) is 31.2 Å². The Balaban J connectivity index is 1.53. The summed E-state index contributed by atoms with van der Waals surface area (Å²) in [5.41, 5.74) is 0.748. The number of hydrogen-bond acceptors (Lipinski definition) is 8. The Bertz CT molecular complexity index is 1120. The lowest BCUT2D eigenvalue weighted by Gasteiger charge is -2.30. The molecule has 0 saturated heterocycles. The normalized spacial score (nSPS) is 14.4. The zero-order valence-corrected chi connectivity index (χ0v) is 21.3. The molecular formula is C26H34N6O5. The van der Waals surface area contributed by atoms with E-state index in [1.165, 1.54) is 16.0 Å². The highest BCUT2D eigenvalue weighted by Crippen LogP contribution is 2.25. The summed E-state index contributed by atoms with van der Waals surface area (Å²) in [7, 11) is 1.60. The number of hydrogen-bond donors (Lipinski definition) is 1. The number of nitrogens with zero attached hydrogens (tertiary/aromatic N) is 5. The van der Waals surface area contributed by atoms with E-state index in [0.29, 0.717) is 43.5 Å². The average Bonchev–Trinajstić information content (AvgIpc) is 3.70. The Hall–Kier alpha value is -3.73. The summed E-state index contributed by atoms with van der Waals surface area (Å²) in [6, 6.07) is 9.88. The first kappa shape index (κ1) is 26.3. The van der Waals surface area contributed by atoms with Crippen LogP contribution in [0.1, 0.15) is 50.8 Å². The van der Waals surface area contributed by atoms with Gasteiger partial charge in [-0.1, -0.05) is 12.8 Å². The maximum Gasteiger partial charge on any atom is 0.250 e. The molecule has 1 fully saturated rings. The second kappa shape index (κ2) is 13.0. The lowest BCUT2D eigenvalue weighted by molar-refractivity contribution is -0.143. The van der Waals surface area contributed by atoms with Crippen LogP contribution < -0.4 is 10.1 Å². The smallest absolute Gasteiger partial charge is 0.250 e. The van der Waals surface area contributed by atoms with Gasteiger partial charge in [-0.3, -0.25) is 9.59 Å². The number of carbonyl (C=O) groups excluding carboxylic acids is 2. The average molecular weight is 511 g/mol. The van der Waals surface area contributed by atoms with E-state index in [-0.39, 0.29) is 24.4 Å². The molecule has 1 saturated carbocycles. The molecule has 1 N–H and O–H groups in total. The number of tetrazole rings is 1. The predicted octanol–water partition coefficient (Wildman–Crippen LogP) is 3.00. The van der Waals surface area contributed by atoms with Gasteiger partial charge in [-0.25, -0.2) is 0 Å². The van der Waals surface area contributed by atoms with Crippen molar-refractivity contribution in [3.63, 3.8) is 0 Å². The van der Waals surface area contributed by atoms with Crippen LogP contribution in [0.3, 0.4) is 0 Å². The molecule has 1 aliphatic rings. The number of amides is 2. The molecule has 0 spiro atoms. The Morgan fingerprint density at radius 3 is 2.68 bits per heavy atom. The molecule has 2 heterocycles. The van der Waals surface area contributed by atoms with Crippen molar-refractivity contribution in [3.8, 4) is 17.1 Å². The first-order valence-electron chi connectivity index (χ1n) is 12.7. The fraction of sp³-hybridized carbons (Fsp3) is 0.500. The zero-order valence-electron chi connectivity index (χ0n) is 21.3. The van der Waals surface area contributed by atoms with Crippen molar-refractivity contribution >= 4 is 11.8 Å². The number of nitrogens with one attached hydrogen (secondary N) is 1. The fourth-order valence-electron chi connectivity index (χ4n) is 4.48. The number of rotatable bonds is 13. The Morgan fingerprint density at radius 1 is 1.22 bits per heavy atom. The molecule has 0 radical (unpaired) electrons. The summed E-state index contributed by atoms with van der Waals surface area (Å²) < 4.78 is 16.3. The van der Waals surface area contributed by atoms with Crippen molar-refractivity contribution < 1.29 is 23.5 Å². The number of aromatic nitrogens is 4. The summed E-state index contributed by atoms with van der Waals surface area (Å²) in [5.74, 6) is 0.940. The molecule has 2 aromatic heterocycles.